The maximum atomic E-state index is 13.1. The molecule has 0 spiro atoms. The van der Waals surface area contributed by atoms with Crippen molar-refractivity contribution in [2.24, 2.45) is 0 Å². The van der Waals surface area contributed by atoms with Gasteiger partial charge in [-0.3, -0.25) is 0 Å². The molecule has 0 unspecified atom stereocenters. The van der Waals surface area contributed by atoms with Gasteiger partial charge in [0.15, 0.2) is 0 Å². The van der Waals surface area contributed by atoms with Crippen LogP contribution in [0, 0.1) is 0 Å². The smallest absolute Gasteiger partial charge is 0.388 e. The highest BCUT2D eigenvalue weighted by Gasteiger charge is 2.31. The minimum absolute atomic E-state index is 0.110. The minimum atomic E-state index is -4.41. The Balaban J connectivity index is 1.87. The fourth-order valence-electron chi connectivity index (χ4n) is 2.80. The average molecular weight is 404 g/mol. The molecule has 0 radical (unpaired) electrons. The van der Waals surface area contributed by atoms with Gasteiger partial charge >= 0.3 is 6.18 Å². The molecule has 26 heavy (non-hydrogen) atoms. The Morgan fingerprint density at radius 2 is 2.04 bits per heavy atom. The second kappa shape index (κ2) is 7.50. The molecule has 10 heteroatoms. The van der Waals surface area contributed by atoms with E-state index >= 15 is 0 Å². The van der Waals surface area contributed by atoms with Gasteiger partial charge in [0.05, 0.1) is 11.3 Å². The summed E-state index contributed by atoms with van der Waals surface area (Å²) in [6.45, 7) is 1.44. The van der Waals surface area contributed by atoms with E-state index in [2.05, 4.69) is 33.4 Å². The first-order valence-corrected chi connectivity index (χ1v) is 8.66. The number of halogens is 4. The van der Waals surface area contributed by atoms with E-state index in [0.717, 1.165) is 29.9 Å². The van der Waals surface area contributed by atoms with Crippen LogP contribution < -0.4 is 10.6 Å². The van der Waals surface area contributed by atoms with E-state index in [1.807, 2.05) is 4.31 Å². The Hall–Kier alpha value is -1.71. The monoisotopic (exact) mass is 403 g/mol. The van der Waals surface area contributed by atoms with Crippen LogP contribution in [-0.4, -0.2) is 27.9 Å². The molecule has 0 saturated heterocycles. The summed E-state index contributed by atoms with van der Waals surface area (Å²) in [5.41, 5.74) is 1.85. The molecule has 0 fully saturated rings. The molecule has 2 aromatic rings. The molecule has 0 atom stereocenters. The first-order chi connectivity index (χ1) is 12.3. The number of hydrogen-bond donors (Lipinski definition) is 3. The summed E-state index contributed by atoms with van der Waals surface area (Å²) in [7, 11) is 1.58. The van der Waals surface area contributed by atoms with E-state index < -0.39 is 11.7 Å². The molecule has 0 aliphatic carbocycles. The number of nitrogens with zero attached hydrogens (tertiary/aromatic N) is 3. The van der Waals surface area contributed by atoms with Gasteiger partial charge in [-0.2, -0.15) is 13.2 Å². The number of fused-ring (bicyclic) bond motifs is 1. The molecule has 5 nitrogen and oxygen atoms in total. The summed E-state index contributed by atoms with van der Waals surface area (Å²) < 4.78 is 41.0. The number of anilines is 2. The van der Waals surface area contributed by atoms with Gasteiger partial charge < -0.3 is 10.6 Å². The number of hydrogen-bond acceptors (Lipinski definition) is 6. The normalized spacial score (nSPS) is 14.8. The molecular formula is C16H17ClF3N5S. The molecule has 0 saturated carbocycles. The minimum Gasteiger partial charge on any atom is -0.388 e. The fraction of sp³-hybridized carbons (Fsp3) is 0.375. The van der Waals surface area contributed by atoms with Gasteiger partial charge in [0.2, 0.25) is 5.28 Å². The van der Waals surface area contributed by atoms with Crippen molar-refractivity contribution in [1.82, 2.24) is 14.3 Å². The molecule has 1 aromatic heterocycles. The third kappa shape index (κ3) is 4.33. The fourth-order valence-corrected chi connectivity index (χ4v) is 3.23. The van der Waals surface area contributed by atoms with Crippen LogP contribution in [0.1, 0.15) is 22.4 Å². The maximum absolute atomic E-state index is 13.1. The van der Waals surface area contributed by atoms with Crippen LogP contribution in [0.25, 0.3) is 0 Å². The van der Waals surface area contributed by atoms with Crippen molar-refractivity contribution in [2.75, 3.05) is 24.2 Å². The quantitative estimate of drug-likeness (QED) is 0.532. The highest BCUT2D eigenvalue weighted by atomic mass is 35.5. The van der Waals surface area contributed by atoms with Crippen molar-refractivity contribution < 1.29 is 13.2 Å². The van der Waals surface area contributed by atoms with E-state index in [0.29, 0.717) is 30.0 Å². The van der Waals surface area contributed by atoms with Crippen LogP contribution in [0.5, 0.6) is 0 Å². The Labute approximate surface area is 159 Å². The lowest BCUT2D eigenvalue weighted by Crippen LogP contribution is -2.25. The maximum Gasteiger partial charge on any atom is 0.416 e. The van der Waals surface area contributed by atoms with Gasteiger partial charge in [0.1, 0.15) is 5.82 Å². The summed E-state index contributed by atoms with van der Waals surface area (Å²) in [6.07, 6.45) is -3.73. The van der Waals surface area contributed by atoms with E-state index in [4.69, 9.17) is 11.6 Å². The van der Waals surface area contributed by atoms with Crippen molar-refractivity contribution in [3.05, 3.63) is 45.9 Å². The van der Waals surface area contributed by atoms with Crippen LogP contribution in [0.2, 0.25) is 5.28 Å². The number of alkyl halides is 3. The standard InChI is InChI=1S/C16H17ClF3N5S/c1-21-11-5-9(4-10(6-11)16(18,19)20)7-22-14-12-8-25(26)3-2-13(12)23-15(17)24-14/h4-6,21,26H,2-3,7-8H2,1H3,(H,22,23,24). The third-order valence-electron chi connectivity index (χ3n) is 4.08. The zero-order chi connectivity index (χ0) is 18.9. The number of benzene rings is 1. The molecule has 0 amide bonds. The first kappa shape index (κ1) is 19.1. The predicted octanol–water partition coefficient (Wildman–Crippen LogP) is 4.01. The summed E-state index contributed by atoms with van der Waals surface area (Å²) >= 11 is 10.3. The SMILES string of the molecule is CNc1cc(CNc2nc(Cl)nc3c2CN(S)CC3)cc(C(F)(F)F)c1. The highest BCUT2D eigenvalue weighted by Crippen LogP contribution is 2.32. The number of nitrogens with one attached hydrogen (secondary N) is 2. The summed E-state index contributed by atoms with van der Waals surface area (Å²) in [6, 6.07) is 3.85. The van der Waals surface area contributed by atoms with Crippen LogP contribution in [0.4, 0.5) is 24.7 Å². The van der Waals surface area contributed by atoms with E-state index in [9.17, 15) is 13.2 Å². The topological polar surface area (TPSA) is 53.1 Å². The van der Waals surface area contributed by atoms with Gasteiger partial charge in [0, 0.05) is 44.4 Å². The lowest BCUT2D eigenvalue weighted by atomic mass is 10.1. The van der Waals surface area contributed by atoms with Gasteiger partial charge in [0.25, 0.3) is 0 Å². The Bertz CT molecular complexity index is 815. The van der Waals surface area contributed by atoms with Crippen molar-refractivity contribution >= 4 is 35.9 Å². The predicted molar refractivity (Wildman–Crippen MR) is 98.5 cm³/mol. The Morgan fingerprint density at radius 3 is 2.73 bits per heavy atom. The Kier molecular flexibility index (Phi) is 5.50. The Morgan fingerprint density at radius 1 is 1.27 bits per heavy atom. The zero-order valence-electron chi connectivity index (χ0n) is 13.9. The van der Waals surface area contributed by atoms with Crippen molar-refractivity contribution in [2.45, 2.75) is 25.7 Å². The number of aromatic nitrogens is 2. The van der Waals surface area contributed by atoms with Gasteiger partial charge in [-0.25, -0.2) is 14.3 Å². The van der Waals surface area contributed by atoms with Crippen LogP contribution >= 0.6 is 24.4 Å². The van der Waals surface area contributed by atoms with E-state index in [-0.39, 0.29) is 11.8 Å². The lowest BCUT2D eigenvalue weighted by Gasteiger charge is -2.25. The second-order valence-corrected chi connectivity index (χ2v) is 6.83. The molecule has 1 aromatic carbocycles. The number of rotatable bonds is 4. The third-order valence-corrected chi connectivity index (χ3v) is 4.59. The molecule has 1 aliphatic rings. The molecule has 0 bridgehead atoms. The van der Waals surface area contributed by atoms with Gasteiger partial charge in [-0.1, -0.05) is 12.8 Å². The van der Waals surface area contributed by atoms with Crippen molar-refractivity contribution in [3.8, 4) is 0 Å². The first-order valence-electron chi connectivity index (χ1n) is 7.88. The highest BCUT2D eigenvalue weighted by molar-refractivity contribution is 7.77. The summed E-state index contributed by atoms with van der Waals surface area (Å²) in [4.78, 5) is 8.43. The summed E-state index contributed by atoms with van der Waals surface area (Å²) in [5, 5.41) is 5.95. The average Bonchev–Trinajstić information content (AvgIpc) is 2.59. The van der Waals surface area contributed by atoms with E-state index in [1.54, 1.807) is 13.1 Å². The molecule has 3 rings (SSSR count). The zero-order valence-corrected chi connectivity index (χ0v) is 15.5. The van der Waals surface area contributed by atoms with Crippen LogP contribution in [0.3, 0.4) is 0 Å². The van der Waals surface area contributed by atoms with Crippen LogP contribution in [-0.2, 0) is 25.7 Å². The van der Waals surface area contributed by atoms with Gasteiger partial charge in [-0.05, 0) is 35.4 Å². The molecule has 1 aliphatic heterocycles. The molecule has 2 heterocycles. The molecule has 140 valence electrons. The second-order valence-electron chi connectivity index (χ2n) is 5.92. The van der Waals surface area contributed by atoms with Gasteiger partial charge in [-0.15, -0.1) is 0 Å². The lowest BCUT2D eigenvalue weighted by molar-refractivity contribution is -0.137. The van der Waals surface area contributed by atoms with Crippen molar-refractivity contribution in [3.63, 3.8) is 0 Å². The summed E-state index contributed by atoms with van der Waals surface area (Å²) in [5.74, 6) is 0.516. The van der Waals surface area contributed by atoms with E-state index in [1.165, 1.54) is 0 Å². The van der Waals surface area contributed by atoms with Crippen LogP contribution in [0.15, 0.2) is 18.2 Å². The molecular weight excluding hydrogens is 387 g/mol. The number of thiol groups is 1. The van der Waals surface area contributed by atoms with Crippen molar-refractivity contribution in [1.29, 1.82) is 0 Å². The largest absolute Gasteiger partial charge is 0.416 e. The molecule has 2 N–H and O–H groups in total.